The molecule has 86 valence electrons. The summed E-state index contributed by atoms with van der Waals surface area (Å²) < 4.78 is 1.79. The molecule has 0 aliphatic carbocycles. The lowest BCUT2D eigenvalue weighted by atomic mass is 10.1. The van der Waals surface area contributed by atoms with Crippen LogP contribution in [0.3, 0.4) is 0 Å². The molecular formula is C11H17N5. The molecule has 0 spiro atoms. The normalized spacial score (nSPS) is 20.8. The highest BCUT2D eigenvalue weighted by atomic mass is 15.4. The number of anilines is 1. The summed E-state index contributed by atoms with van der Waals surface area (Å²) in [6.07, 6.45) is 2.74. The Morgan fingerprint density at radius 3 is 3.19 bits per heavy atom. The fourth-order valence-corrected chi connectivity index (χ4v) is 2.18. The number of nitrogens with one attached hydrogen (secondary N) is 1. The molecule has 5 heteroatoms. The Bertz CT molecular complexity index is 403. The number of aryl methyl sites for hydroxylation is 1. The van der Waals surface area contributed by atoms with E-state index in [2.05, 4.69) is 28.3 Å². The second kappa shape index (κ2) is 4.54. The summed E-state index contributed by atoms with van der Waals surface area (Å²) >= 11 is 0. The standard InChI is InChI=1S/C11H17N5/c1-3-10-8-16(5-4-13-10)11-9(6-12)7-14-15(11)2/h7,10,13H,3-5,8H2,1-2H3. The number of hydrogen-bond acceptors (Lipinski definition) is 4. The zero-order valence-corrected chi connectivity index (χ0v) is 9.77. The van der Waals surface area contributed by atoms with Crippen LogP contribution in [0, 0.1) is 11.3 Å². The summed E-state index contributed by atoms with van der Waals surface area (Å²) in [5.74, 6) is 0.947. The molecule has 1 aliphatic heterocycles. The average molecular weight is 219 g/mol. The first-order chi connectivity index (χ1) is 7.76. The van der Waals surface area contributed by atoms with Crippen molar-refractivity contribution in [3.63, 3.8) is 0 Å². The monoisotopic (exact) mass is 219 g/mol. The van der Waals surface area contributed by atoms with Crippen LogP contribution >= 0.6 is 0 Å². The van der Waals surface area contributed by atoms with Crippen molar-refractivity contribution in [3.05, 3.63) is 11.8 Å². The lowest BCUT2D eigenvalue weighted by molar-refractivity contribution is 0.441. The van der Waals surface area contributed by atoms with Crippen LogP contribution in [-0.2, 0) is 7.05 Å². The van der Waals surface area contributed by atoms with Gasteiger partial charge in [-0.3, -0.25) is 4.68 Å². The van der Waals surface area contributed by atoms with Gasteiger partial charge < -0.3 is 10.2 Å². The number of hydrogen-bond donors (Lipinski definition) is 1. The van der Waals surface area contributed by atoms with E-state index < -0.39 is 0 Å². The molecule has 0 amide bonds. The molecule has 1 saturated heterocycles. The Morgan fingerprint density at radius 1 is 1.69 bits per heavy atom. The molecule has 1 atom stereocenters. The fourth-order valence-electron chi connectivity index (χ4n) is 2.18. The van der Waals surface area contributed by atoms with Crippen LogP contribution in [0.5, 0.6) is 0 Å². The third-order valence-corrected chi connectivity index (χ3v) is 3.08. The van der Waals surface area contributed by atoms with Gasteiger partial charge in [-0.2, -0.15) is 10.4 Å². The van der Waals surface area contributed by atoms with Gasteiger partial charge in [-0.1, -0.05) is 6.92 Å². The van der Waals surface area contributed by atoms with Crippen molar-refractivity contribution in [2.24, 2.45) is 7.05 Å². The van der Waals surface area contributed by atoms with Crippen molar-refractivity contribution in [1.82, 2.24) is 15.1 Å². The molecule has 0 aromatic carbocycles. The molecule has 5 nitrogen and oxygen atoms in total. The minimum Gasteiger partial charge on any atom is -0.353 e. The third kappa shape index (κ3) is 1.89. The minimum atomic E-state index is 0.509. The smallest absolute Gasteiger partial charge is 0.144 e. The van der Waals surface area contributed by atoms with Gasteiger partial charge >= 0.3 is 0 Å². The highest BCUT2D eigenvalue weighted by Gasteiger charge is 2.22. The average Bonchev–Trinajstić information content (AvgIpc) is 2.70. The molecule has 1 aromatic heterocycles. The Kier molecular flexibility index (Phi) is 3.11. The van der Waals surface area contributed by atoms with E-state index in [4.69, 9.17) is 5.26 Å². The van der Waals surface area contributed by atoms with Crippen molar-refractivity contribution in [2.45, 2.75) is 19.4 Å². The van der Waals surface area contributed by atoms with Crippen molar-refractivity contribution >= 4 is 5.82 Å². The van der Waals surface area contributed by atoms with E-state index >= 15 is 0 Å². The van der Waals surface area contributed by atoms with Crippen LogP contribution in [0.15, 0.2) is 6.20 Å². The van der Waals surface area contributed by atoms with Gasteiger partial charge in [-0.15, -0.1) is 0 Å². The first kappa shape index (κ1) is 11.0. The van der Waals surface area contributed by atoms with E-state index in [1.165, 1.54) is 0 Å². The van der Waals surface area contributed by atoms with Crippen molar-refractivity contribution in [2.75, 3.05) is 24.5 Å². The summed E-state index contributed by atoms with van der Waals surface area (Å²) in [6, 6.07) is 2.71. The molecule has 1 aliphatic rings. The molecule has 1 aromatic rings. The number of rotatable bonds is 2. The zero-order valence-electron chi connectivity index (χ0n) is 9.77. The van der Waals surface area contributed by atoms with Crippen molar-refractivity contribution < 1.29 is 0 Å². The third-order valence-electron chi connectivity index (χ3n) is 3.08. The first-order valence-corrected chi connectivity index (χ1v) is 5.66. The largest absolute Gasteiger partial charge is 0.353 e. The van der Waals surface area contributed by atoms with Gasteiger partial charge in [-0.25, -0.2) is 0 Å². The van der Waals surface area contributed by atoms with Crippen LogP contribution in [0.1, 0.15) is 18.9 Å². The SMILES string of the molecule is CCC1CN(c2c(C#N)cnn2C)CCN1. The van der Waals surface area contributed by atoms with Gasteiger partial charge in [0.25, 0.3) is 0 Å². The van der Waals surface area contributed by atoms with Gasteiger partial charge in [-0.05, 0) is 6.42 Å². The summed E-state index contributed by atoms with van der Waals surface area (Å²) in [7, 11) is 1.89. The van der Waals surface area contributed by atoms with Crippen molar-refractivity contribution in [1.29, 1.82) is 5.26 Å². The molecule has 2 rings (SSSR count). The lowest BCUT2D eigenvalue weighted by Gasteiger charge is -2.34. The molecule has 1 N–H and O–H groups in total. The Morgan fingerprint density at radius 2 is 2.50 bits per heavy atom. The highest BCUT2D eigenvalue weighted by Crippen LogP contribution is 2.20. The minimum absolute atomic E-state index is 0.509. The van der Waals surface area contributed by atoms with Crippen LogP contribution in [0.4, 0.5) is 5.82 Å². The number of aromatic nitrogens is 2. The van der Waals surface area contributed by atoms with E-state index in [0.717, 1.165) is 31.9 Å². The van der Waals surface area contributed by atoms with E-state index in [0.29, 0.717) is 11.6 Å². The highest BCUT2D eigenvalue weighted by molar-refractivity contribution is 5.54. The molecule has 0 bridgehead atoms. The maximum Gasteiger partial charge on any atom is 0.144 e. The van der Waals surface area contributed by atoms with Crippen LogP contribution < -0.4 is 10.2 Å². The second-order valence-electron chi connectivity index (χ2n) is 4.12. The van der Waals surface area contributed by atoms with Gasteiger partial charge in [0, 0.05) is 32.7 Å². The molecule has 16 heavy (non-hydrogen) atoms. The van der Waals surface area contributed by atoms with E-state index in [-0.39, 0.29) is 0 Å². The summed E-state index contributed by atoms with van der Waals surface area (Å²) in [4.78, 5) is 2.25. The van der Waals surface area contributed by atoms with Gasteiger partial charge in [0.1, 0.15) is 17.5 Å². The van der Waals surface area contributed by atoms with Gasteiger partial charge in [0.05, 0.1) is 6.20 Å². The van der Waals surface area contributed by atoms with E-state index in [1.54, 1.807) is 10.9 Å². The summed E-state index contributed by atoms with van der Waals surface area (Å²) in [5, 5.41) is 16.6. The van der Waals surface area contributed by atoms with Crippen LogP contribution in [0.2, 0.25) is 0 Å². The van der Waals surface area contributed by atoms with E-state index in [9.17, 15) is 0 Å². The zero-order chi connectivity index (χ0) is 11.5. The second-order valence-corrected chi connectivity index (χ2v) is 4.12. The van der Waals surface area contributed by atoms with Crippen molar-refractivity contribution in [3.8, 4) is 6.07 Å². The quantitative estimate of drug-likeness (QED) is 0.786. The summed E-state index contributed by atoms with van der Waals surface area (Å²) in [5.41, 5.74) is 0.666. The summed E-state index contributed by atoms with van der Waals surface area (Å²) in [6.45, 7) is 5.03. The maximum absolute atomic E-state index is 9.04. The Balaban J connectivity index is 2.23. The molecular weight excluding hydrogens is 202 g/mol. The maximum atomic E-state index is 9.04. The number of nitrogens with zero attached hydrogens (tertiary/aromatic N) is 4. The molecule has 0 radical (unpaired) electrons. The molecule has 1 unspecified atom stereocenters. The fraction of sp³-hybridized carbons (Fsp3) is 0.636. The lowest BCUT2D eigenvalue weighted by Crippen LogP contribution is -2.51. The molecule has 0 saturated carbocycles. The van der Waals surface area contributed by atoms with E-state index in [1.807, 2.05) is 7.05 Å². The predicted octanol–water partition coefficient (Wildman–Crippen LogP) is 0.480. The van der Waals surface area contributed by atoms with Gasteiger partial charge in [0.2, 0.25) is 0 Å². The molecule has 1 fully saturated rings. The molecule has 2 heterocycles. The van der Waals surface area contributed by atoms with Gasteiger partial charge in [0.15, 0.2) is 0 Å². The van der Waals surface area contributed by atoms with Crippen LogP contribution in [-0.4, -0.2) is 35.5 Å². The first-order valence-electron chi connectivity index (χ1n) is 5.66. The number of nitriles is 1. The predicted molar refractivity (Wildman–Crippen MR) is 62.2 cm³/mol. The Hall–Kier alpha value is -1.54. The van der Waals surface area contributed by atoms with Crippen LogP contribution in [0.25, 0.3) is 0 Å². The number of piperazine rings is 1. The topological polar surface area (TPSA) is 56.9 Å². The Labute approximate surface area is 95.7 Å².